The molecule has 18 heavy (non-hydrogen) atoms. The van der Waals surface area contributed by atoms with Gasteiger partial charge >= 0.3 is 6.01 Å². The minimum Gasteiger partial charge on any atom is -0.463 e. The predicted molar refractivity (Wildman–Crippen MR) is 72.8 cm³/mol. The maximum Gasteiger partial charge on any atom is 0.323 e. The van der Waals surface area contributed by atoms with Crippen LogP contribution in [0.5, 0.6) is 6.01 Å². The van der Waals surface area contributed by atoms with Gasteiger partial charge in [0.15, 0.2) is 0 Å². The number of rotatable bonds is 7. The fourth-order valence-corrected chi connectivity index (χ4v) is 1.78. The number of nitrogens with two attached hydrogens (primary N) is 1. The van der Waals surface area contributed by atoms with Crippen molar-refractivity contribution < 1.29 is 4.74 Å². The number of nitrogens with zero attached hydrogens (tertiary/aromatic N) is 4. The van der Waals surface area contributed by atoms with Crippen molar-refractivity contribution in [2.45, 2.75) is 46.1 Å². The van der Waals surface area contributed by atoms with Gasteiger partial charge in [-0.25, -0.2) is 0 Å². The topological polar surface area (TPSA) is 77.2 Å². The van der Waals surface area contributed by atoms with Crippen LogP contribution in [0.2, 0.25) is 0 Å². The molecule has 0 saturated heterocycles. The lowest BCUT2D eigenvalue weighted by atomic mass is 10.1. The van der Waals surface area contributed by atoms with Gasteiger partial charge in [0.05, 0.1) is 6.61 Å². The predicted octanol–water partition coefficient (Wildman–Crippen LogP) is 1.87. The number of hydrogen-bond acceptors (Lipinski definition) is 6. The van der Waals surface area contributed by atoms with Crippen LogP contribution in [0.15, 0.2) is 0 Å². The molecule has 0 radical (unpaired) electrons. The van der Waals surface area contributed by atoms with E-state index in [4.69, 9.17) is 10.5 Å². The van der Waals surface area contributed by atoms with E-state index in [0.717, 1.165) is 19.3 Å². The Morgan fingerprint density at radius 3 is 2.39 bits per heavy atom. The van der Waals surface area contributed by atoms with Crippen molar-refractivity contribution in [3.05, 3.63) is 0 Å². The molecule has 1 rings (SSSR count). The molecular weight excluding hydrogens is 230 g/mol. The zero-order valence-corrected chi connectivity index (χ0v) is 11.7. The first-order valence-corrected chi connectivity index (χ1v) is 6.49. The molecule has 0 atom stereocenters. The highest BCUT2D eigenvalue weighted by Gasteiger charge is 2.16. The van der Waals surface area contributed by atoms with E-state index in [9.17, 15) is 0 Å². The maximum absolute atomic E-state index is 5.68. The van der Waals surface area contributed by atoms with Gasteiger partial charge in [0.2, 0.25) is 11.9 Å². The van der Waals surface area contributed by atoms with Crippen molar-refractivity contribution in [1.29, 1.82) is 0 Å². The summed E-state index contributed by atoms with van der Waals surface area (Å²) in [6.07, 6.45) is 2.97. The first-order chi connectivity index (χ1) is 8.62. The zero-order valence-electron chi connectivity index (χ0n) is 11.7. The Hall–Kier alpha value is -1.59. The minimum atomic E-state index is 0.198. The van der Waals surface area contributed by atoms with E-state index < -0.39 is 0 Å². The van der Waals surface area contributed by atoms with Crippen LogP contribution in [0.1, 0.15) is 40.0 Å². The Morgan fingerprint density at radius 1 is 1.17 bits per heavy atom. The summed E-state index contributed by atoms with van der Waals surface area (Å²) in [5.41, 5.74) is 5.68. The standard InChI is InChI=1S/C12H23N5O/c1-5-8-18-12-15-10(13)14-11(16-12)17(4)9(6-2)7-3/h9H,5-8H2,1-4H3,(H2,13,14,15,16). The number of ether oxygens (including phenoxy) is 1. The summed E-state index contributed by atoms with van der Waals surface area (Å²) < 4.78 is 5.40. The molecule has 6 heteroatoms. The van der Waals surface area contributed by atoms with Crippen molar-refractivity contribution in [1.82, 2.24) is 15.0 Å². The molecule has 0 aliphatic rings. The first kappa shape index (κ1) is 14.5. The summed E-state index contributed by atoms with van der Waals surface area (Å²) in [5.74, 6) is 0.770. The lowest BCUT2D eigenvalue weighted by Gasteiger charge is -2.26. The summed E-state index contributed by atoms with van der Waals surface area (Å²) in [7, 11) is 1.97. The van der Waals surface area contributed by atoms with E-state index in [1.165, 1.54) is 0 Å². The van der Waals surface area contributed by atoms with Crippen LogP contribution < -0.4 is 15.4 Å². The Kier molecular flexibility index (Phi) is 5.61. The fraction of sp³-hybridized carbons (Fsp3) is 0.750. The molecule has 1 aromatic rings. The SMILES string of the molecule is CCCOc1nc(N)nc(N(C)C(CC)CC)n1. The van der Waals surface area contributed by atoms with Crippen molar-refractivity contribution in [2.24, 2.45) is 0 Å². The molecule has 0 saturated carbocycles. The average Bonchev–Trinajstić information content (AvgIpc) is 2.37. The van der Waals surface area contributed by atoms with Gasteiger partial charge < -0.3 is 15.4 Å². The summed E-state index contributed by atoms with van der Waals surface area (Å²) in [4.78, 5) is 14.4. The van der Waals surface area contributed by atoms with Crippen molar-refractivity contribution in [3.63, 3.8) is 0 Å². The first-order valence-electron chi connectivity index (χ1n) is 6.49. The normalized spacial score (nSPS) is 10.7. The summed E-state index contributed by atoms with van der Waals surface area (Å²) >= 11 is 0. The molecule has 0 aliphatic carbocycles. The molecule has 0 spiro atoms. The van der Waals surface area contributed by atoms with E-state index in [1.807, 2.05) is 18.9 Å². The molecule has 0 aromatic carbocycles. The van der Waals surface area contributed by atoms with Crippen LogP contribution in [0.3, 0.4) is 0 Å². The third kappa shape index (κ3) is 3.72. The zero-order chi connectivity index (χ0) is 13.5. The number of aromatic nitrogens is 3. The smallest absolute Gasteiger partial charge is 0.323 e. The molecule has 1 heterocycles. The van der Waals surface area contributed by atoms with Gasteiger partial charge in [-0.3, -0.25) is 0 Å². The van der Waals surface area contributed by atoms with E-state index >= 15 is 0 Å². The molecule has 0 aliphatic heterocycles. The molecule has 0 fully saturated rings. The van der Waals surface area contributed by atoms with Crippen LogP contribution in [0.4, 0.5) is 11.9 Å². The second kappa shape index (κ2) is 6.98. The van der Waals surface area contributed by atoms with E-state index in [2.05, 4.69) is 28.8 Å². The van der Waals surface area contributed by atoms with Gasteiger partial charge in [-0.2, -0.15) is 15.0 Å². The lowest BCUT2D eigenvalue weighted by Crippen LogP contribution is -2.32. The molecule has 0 bridgehead atoms. The molecule has 0 amide bonds. The van der Waals surface area contributed by atoms with E-state index in [0.29, 0.717) is 24.6 Å². The number of nitrogen functional groups attached to an aromatic ring is 1. The van der Waals surface area contributed by atoms with Crippen LogP contribution in [-0.4, -0.2) is 34.6 Å². The summed E-state index contributed by atoms with van der Waals surface area (Å²) in [6, 6.07) is 0.697. The number of hydrogen-bond donors (Lipinski definition) is 1. The molecule has 102 valence electrons. The average molecular weight is 253 g/mol. The second-order valence-electron chi connectivity index (χ2n) is 4.21. The third-order valence-corrected chi connectivity index (χ3v) is 2.86. The second-order valence-corrected chi connectivity index (χ2v) is 4.21. The molecule has 1 aromatic heterocycles. The third-order valence-electron chi connectivity index (χ3n) is 2.86. The minimum absolute atomic E-state index is 0.198. The van der Waals surface area contributed by atoms with Crippen LogP contribution in [0, 0.1) is 0 Å². The van der Waals surface area contributed by atoms with Crippen molar-refractivity contribution in [3.8, 4) is 6.01 Å². The van der Waals surface area contributed by atoms with Crippen molar-refractivity contribution in [2.75, 3.05) is 24.3 Å². The van der Waals surface area contributed by atoms with Gasteiger partial charge in [-0.15, -0.1) is 0 Å². The lowest BCUT2D eigenvalue weighted by molar-refractivity contribution is 0.291. The van der Waals surface area contributed by atoms with Gasteiger partial charge in [0.1, 0.15) is 0 Å². The summed E-state index contributed by atoms with van der Waals surface area (Å²) in [5, 5.41) is 0. The quantitative estimate of drug-likeness (QED) is 0.799. The van der Waals surface area contributed by atoms with Crippen LogP contribution in [0.25, 0.3) is 0 Å². The van der Waals surface area contributed by atoms with Gasteiger partial charge in [0.25, 0.3) is 0 Å². The highest BCUT2D eigenvalue weighted by molar-refractivity contribution is 5.36. The molecule has 6 nitrogen and oxygen atoms in total. The largest absolute Gasteiger partial charge is 0.463 e. The Morgan fingerprint density at radius 2 is 1.83 bits per heavy atom. The van der Waals surface area contributed by atoms with E-state index in [-0.39, 0.29) is 5.95 Å². The Balaban J connectivity index is 2.90. The summed E-state index contributed by atoms with van der Waals surface area (Å²) in [6.45, 7) is 6.90. The van der Waals surface area contributed by atoms with E-state index in [1.54, 1.807) is 0 Å². The Labute approximate surface area is 109 Å². The van der Waals surface area contributed by atoms with Crippen LogP contribution in [-0.2, 0) is 0 Å². The number of anilines is 2. The molecular formula is C12H23N5O. The Bertz CT molecular complexity index is 367. The highest BCUT2D eigenvalue weighted by atomic mass is 16.5. The van der Waals surface area contributed by atoms with Crippen molar-refractivity contribution >= 4 is 11.9 Å². The monoisotopic (exact) mass is 253 g/mol. The fourth-order valence-electron chi connectivity index (χ4n) is 1.78. The van der Waals surface area contributed by atoms with Gasteiger partial charge in [0, 0.05) is 13.1 Å². The molecule has 0 unspecified atom stereocenters. The molecule has 2 N–H and O–H groups in total. The van der Waals surface area contributed by atoms with Gasteiger partial charge in [-0.05, 0) is 19.3 Å². The van der Waals surface area contributed by atoms with Gasteiger partial charge in [-0.1, -0.05) is 20.8 Å². The highest BCUT2D eigenvalue weighted by Crippen LogP contribution is 2.17. The maximum atomic E-state index is 5.68. The van der Waals surface area contributed by atoms with Crippen LogP contribution >= 0.6 is 0 Å².